The van der Waals surface area contributed by atoms with Crippen molar-refractivity contribution in [3.63, 3.8) is 0 Å². The summed E-state index contributed by atoms with van der Waals surface area (Å²) >= 11 is 0. The molecule has 8 heteroatoms. The first-order chi connectivity index (χ1) is 13.5. The van der Waals surface area contributed by atoms with E-state index in [9.17, 15) is 19.5 Å². The first-order valence-corrected chi connectivity index (χ1v) is 8.16. The van der Waals surface area contributed by atoms with Gasteiger partial charge < -0.3 is 14.7 Å². The molecule has 2 amide bonds. The van der Waals surface area contributed by atoms with E-state index in [1.807, 2.05) is 0 Å². The van der Waals surface area contributed by atoms with E-state index >= 15 is 0 Å². The van der Waals surface area contributed by atoms with Gasteiger partial charge in [-0.3, -0.25) is 14.4 Å². The predicted molar refractivity (Wildman–Crippen MR) is 105 cm³/mol. The van der Waals surface area contributed by atoms with Crippen LogP contribution < -0.4 is 15.1 Å². The Bertz CT molecular complexity index is 920. The zero-order valence-corrected chi connectivity index (χ0v) is 15.3. The number of nitrogens with one attached hydrogen (secondary N) is 1. The molecule has 8 nitrogen and oxygen atoms in total. The lowest BCUT2D eigenvalue weighted by molar-refractivity contribution is -0.114. The number of likely N-dealkylation sites (N-methyl/N-ethyl adjacent to an activating group) is 1. The molecule has 0 spiro atoms. The SMILES string of the molecule is COc1cc(/C=N/NC(=O)c2ccc(N(C)C(=O)/C=C\C=O)cc2)ccc1O. The highest BCUT2D eigenvalue weighted by Crippen LogP contribution is 2.25. The molecule has 0 saturated carbocycles. The van der Waals surface area contributed by atoms with Crippen molar-refractivity contribution < 1.29 is 24.2 Å². The average molecular weight is 381 g/mol. The molecule has 2 aromatic carbocycles. The fourth-order valence-corrected chi connectivity index (χ4v) is 2.20. The Balaban J connectivity index is 2.00. The highest BCUT2D eigenvalue weighted by molar-refractivity contribution is 6.03. The van der Waals surface area contributed by atoms with Crippen molar-refractivity contribution in [2.45, 2.75) is 0 Å². The summed E-state index contributed by atoms with van der Waals surface area (Å²) in [5.41, 5.74) is 3.95. The second-order valence-electron chi connectivity index (χ2n) is 5.57. The normalized spacial score (nSPS) is 10.8. The van der Waals surface area contributed by atoms with Crippen LogP contribution in [-0.4, -0.2) is 43.6 Å². The van der Waals surface area contributed by atoms with Crippen LogP contribution in [0.5, 0.6) is 11.5 Å². The van der Waals surface area contributed by atoms with E-state index < -0.39 is 5.91 Å². The number of carbonyl (C=O) groups excluding carboxylic acids is 3. The zero-order chi connectivity index (χ0) is 20.5. The molecule has 0 saturated heterocycles. The van der Waals surface area contributed by atoms with Crippen LogP contribution in [0.2, 0.25) is 0 Å². The van der Waals surface area contributed by atoms with Crippen molar-refractivity contribution in [3.8, 4) is 11.5 Å². The van der Waals surface area contributed by atoms with Crippen molar-refractivity contribution in [2.75, 3.05) is 19.1 Å². The Morgan fingerprint density at radius 2 is 1.89 bits per heavy atom. The fraction of sp³-hybridized carbons (Fsp3) is 0.100. The number of hydrogen-bond donors (Lipinski definition) is 2. The van der Waals surface area contributed by atoms with Gasteiger partial charge >= 0.3 is 0 Å². The summed E-state index contributed by atoms with van der Waals surface area (Å²) in [6, 6.07) is 11.0. The number of hydrogen-bond acceptors (Lipinski definition) is 6. The number of rotatable bonds is 7. The summed E-state index contributed by atoms with van der Waals surface area (Å²) in [4.78, 5) is 35.6. The lowest BCUT2D eigenvalue weighted by atomic mass is 10.2. The Hall–Kier alpha value is -3.94. The first-order valence-electron chi connectivity index (χ1n) is 8.16. The highest BCUT2D eigenvalue weighted by Gasteiger charge is 2.09. The molecule has 0 unspecified atom stereocenters. The number of aldehydes is 1. The Morgan fingerprint density at radius 3 is 2.54 bits per heavy atom. The number of allylic oxidation sites excluding steroid dienone is 1. The topological polar surface area (TPSA) is 108 Å². The second kappa shape index (κ2) is 9.67. The minimum Gasteiger partial charge on any atom is -0.504 e. The number of carbonyl (C=O) groups is 3. The van der Waals surface area contributed by atoms with Crippen LogP contribution in [-0.2, 0) is 9.59 Å². The molecule has 0 atom stereocenters. The van der Waals surface area contributed by atoms with Gasteiger partial charge in [-0.2, -0.15) is 5.10 Å². The fourth-order valence-electron chi connectivity index (χ4n) is 2.20. The second-order valence-corrected chi connectivity index (χ2v) is 5.57. The number of amides is 2. The van der Waals surface area contributed by atoms with Crippen LogP contribution in [0.15, 0.2) is 59.7 Å². The molecule has 2 aromatic rings. The van der Waals surface area contributed by atoms with Gasteiger partial charge in [0.05, 0.1) is 13.3 Å². The van der Waals surface area contributed by atoms with Gasteiger partial charge in [-0.1, -0.05) is 0 Å². The molecule has 0 fully saturated rings. The molecule has 28 heavy (non-hydrogen) atoms. The number of benzene rings is 2. The number of methoxy groups -OCH3 is 1. The van der Waals surface area contributed by atoms with Crippen molar-refractivity contribution in [2.24, 2.45) is 5.10 Å². The highest BCUT2D eigenvalue weighted by atomic mass is 16.5. The maximum absolute atomic E-state index is 12.1. The molecule has 0 aromatic heterocycles. The third-order valence-corrected chi connectivity index (χ3v) is 3.75. The molecule has 144 valence electrons. The summed E-state index contributed by atoms with van der Waals surface area (Å²) in [5, 5.41) is 13.4. The lowest BCUT2D eigenvalue weighted by Crippen LogP contribution is -2.24. The number of ether oxygens (including phenoxy) is 1. The summed E-state index contributed by atoms with van der Waals surface area (Å²) in [6.07, 6.45) is 4.21. The van der Waals surface area contributed by atoms with Crippen molar-refractivity contribution in [1.82, 2.24) is 5.43 Å². The number of nitrogens with zero attached hydrogens (tertiary/aromatic N) is 2. The minimum absolute atomic E-state index is 0.00822. The molecule has 0 aliphatic carbocycles. The number of anilines is 1. The van der Waals surface area contributed by atoms with Gasteiger partial charge in [0.2, 0.25) is 0 Å². The van der Waals surface area contributed by atoms with Crippen LogP contribution >= 0.6 is 0 Å². The Labute approximate surface area is 161 Å². The summed E-state index contributed by atoms with van der Waals surface area (Å²) in [6.45, 7) is 0. The third-order valence-electron chi connectivity index (χ3n) is 3.75. The quantitative estimate of drug-likeness (QED) is 0.329. The van der Waals surface area contributed by atoms with Crippen LogP contribution in [0.25, 0.3) is 0 Å². The standard InChI is InChI=1S/C20H19N3O5/c1-23(19(26)4-3-11-24)16-8-6-15(7-9-16)20(27)22-21-13-14-5-10-17(25)18(12-14)28-2/h3-13,25H,1-2H3,(H,22,27)/b4-3-,21-13+. The van der Waals surface area contributed by atoms with E-state index in [1.165, 1.54) is 24.3 Å². The van der Waals surface area contributed by atoms with Crippen molar-refractivity contribution in [3.05, 3.63) is 65.7 Å². The predicted octanol–water partition coefficient (Wildman–Crippen LogP) is 1.88. The van der Waals surface area contributed by atoms with Crippen LogP contribution in [0.1, 0.15) is 15.9 Å². The molecule has 0 heterocycles. The molecule has 0 aliphatic rings. The minimum atomic E-state index is -0.427. The largest absolute Gasteiger partial charge is 0.504 e. The van der Waals surface area contributed by atoms with E-state index in [1.54, 1.807) is 43.4 Å². The summed E-state index contributed by atoms with van der Waals surface area (Å²) in [7, 11) is 2.99. The van der Waals surface area contributed by atoms with Gasteiger partial charge in [0.15, 0.2) is 11.5 Å². The summed E-state index contributed by atoms with van der Waals surface area (Å²) in [5.74, 6) is -0.483. The Kier molecular flexibility index (Phi) is 7.04. The number of phenols is 1. The van der Waals surface area contributed by atoms with Gasteiger partial charge in [-0.05, 0) is 54.1 Å². The van der Waals surface area contributed by atoms with Gasteiger partial charge in [0.25, 0.3) is 11.8 Å². The van der Waals surface area contributed by atoms with Crippen LogP contribution in [0, 0.1) is 0 Å². The summed E-state index contributed by atoms with van der Waals surface area (Å²) < 4.78 is 5.00. The molecular weight excluding hydrogens is 362 g/mol. The van der Waals surface area contributed by atoms with E-state index in [-0.39, 0.29) is 11.7 Å². The Morgan fingerprint density at radius 1 is 1.18 bits per heavy atom. The van der Waals surface area contributed by atoms with E-state index in [4.69, 9.17) is 4.74 Å². The molecule has 2 rings (SSSR count). The lowest BCUT2D eigenvalue weighted by Gasteiger charge is -2.15. The molecular formula is C20H19N3O5. The maximum Gasteiger partial charge on any atom is 0.271 e. The van der Waals surface area contributed by atoms with Gasteiger partial charge in [-0.15, -0.1) is 0 Å². The molecule has 2 N–H and O–H groups in total. The average Bonchev–Trinajstić information content (AvgIpc) is 2.72. The van der Waals surface area contributed by atoms with Crippen molar-refractivity contribution >= 4 is 30.0 Å². The van der Waals surface area contributed by atoms with Crippen LogP contribution in [0.3, 0.4) is 0 Å². The smallest absolute Gasteiger partial charge is 0.271 e. The first kappa shape index (κ1) is 20.4. The van der Waals surface area contributed by atoms with Crippen molar-refractivity contribution in [1.29, 1.82) is 0 Å². The molecule has 0 aliphatic heterocycles. The third kappa shape index (κ3) is 5.28. The number of aromatic hydroxyl groups is 1. The monoisotopic (exact) mass is 381 g/mol. The van der Waals surface area contributed by atoms with Gasteiger partial charge in [0, 0.05) is 24.4 Å². The van der Waals surface area contributed by atoms with Crippen LogP contribution in [0.4, 0.5) is 5.69 Å². The maximum atomic E-state index is 12.1. The molecule has 0 bridgehead atoms. The molecule has 0 radical (unpaired) electrons. The van der Waals surface area contributed by atoms with Gasteiger partial charge in [0.1, 0.15) is 6.29 Å². The zero-order valence-electron chi connectivity index (χ0n) is 15.3. The van der Waals surface area contributed by atoms with E-state index in [0.29, 0.717) is 28.8 Å². The van der Waals surface area contributed by atoms with E-state index in [0.717, 1.165) is 12.2 Å². The van der Waals surface area contributed by atoms with E-state index in [2.05, 4.69) is 10.5 Å². The van der Waals surface area contributed by atoms with Gasteiger partial charge in [-0.25, -0.2) is 5.43 Å². The number of hydrazone groups is 1. The number of phenolic OH excluding ortho intramolecular Hbond substituents is 1.